The Bertz CT molecular complexity index is 278. The Kier molecular flexibility index (Phi) is 4.44. The quantitative estimate of drug-likeness (QED) is 0.306. The number of phosphoric acid groups is 1. The molecule has 0 aromatic rings. The van der Waals surface area contributed by atoms with Gasteiger partial charge in [0.05, 0.1) is 18.8 Å². The van der Waals surface area contributed by atoms with Crippen molar-refractivity contribution in [2.75, 3.05) is 6.61 Å². The largest absolute Gasteiger partial charge is 0.469 e. The minimum absolute atomic E-state index is 0.112. The second kappa shape index (κ2) is 5.07. The van der Waals surface area contributed by atoms with E-state index >= 15 is 0 Å². The molecule has 6 N–H and O–H groups in total. The molecular weight excluding hydrogens is 243 g/mol. The van der Waals surface area contributed by atoms with Crippen molar-refractivity contribution in [1.82, 2.24) is 0 Å². The average Bonchev–Trinajstić information content (AvgIpc) is 2.17. The number of hydrogen-bond acceptors (Lipinski definition) is 6. The van der Waals surface area contributed by atoms with Gasteiger partial charge in [0.1, 0.15) is 12.2 Å². The van der Waals surface area contributed by atoms with E-state index in [0.29, 0.717) is 0 Å². The first-order chi connectivity index (χ1) is 7.22. The van der Waals surface area contributed by atoms with Crippen LogP contribution >= 0.6 is 7.82 Å². The molecule has 8 nitrogen and oxygen atoms in total. The molecule has 9 heteroatoms. The molecule has 0 aromatic heterocycles. The second-order valence-electron chi connectivity index (χ2n) is 3.82. The maximum absolute atomic E-state index is 10.4. The molecular formula is C7H15O8P. The molecule has 5 unspecified atom stereocenters. The van der Waals surface area contributed by atoms with Gasteiger partial charge in [0.25, 0.3) is 0 Å². The Labute approximate surface area is 91.4 Å². The van der Waals surface area contributed by atoms with E-state index in [0.717, 1.165) is 0 Å². The maximum atomic E-state index is 10.4. The molecule has 0 heterocycles. The zero-order valence-electron chi connectivity index (χ0n) is 8.25. The van der Waals surface area contributed by atoms with Crippen molar-refractivity contribution >= 4 is 7.82 Å². The van der Waals surface area contributed by atoms with Crippen LogP contribution in [0.1, 0.15) is 6.42 Å². The van der Waals surface area contributed by atoms with E-state index in [1.807, 2.05) is 0 Å². The molecule has 5 atom stereocenters. The van der Waals surface area contributed by atoms with E-state index in [-0.39, 0.29) is 6.42 Å². The minimum atomic E-state index is -4.65. The molecule has 0 aliphatic heterocycles. The molecule has 16 heavy (non-hydrogen) atoms. The first-order valence-electron chi connectivity index (χ1n) is 4.64. The Balaban J connectivity index is 2.57. The summed E-state index contributed by atoms with van der Waals surface area (Å²) in [5.74, 6) is -0.846. The fraction of sp³-hybridized carbons (Fsp3) is 1.00. The van der Waals surface area contributed by atoms with Crippen molar-refractivity contribution in [2.24, 2.45) is 5.92 Å². The van der Waals surface area contributed by atoms with Crippen LogP contribution in [-0.4, -0.2) is 61.2 Å². The first-order valence-corrected chi connectivity index (χ1v) is 6.17. The lowest BCUT2D eigenvalue weighted by atomic mass is 9.81. The Hall–Kier alpha value is -0.0500. The summed E-state index contributed by atoms with van der Waals surface area (Å²) in [6, 6.07) is 0. The normalized spacial score (nSPS) is 41.0. The van der Waals surface area contributed by atoms with Crippen molar-refractivity contribution in [3.63, 3.8) is 0 Å². The molecule has 0 spiro atoms. The third-order valence-electron chi connectivity index (χ3n) is 2.58. The van der Waals surface area contributed by atoms with Crippen molar-refractivity contribution < 1.29 is 39.3 Å². The molecule has 1 rings (SSSR count). The van der Waals surface area contributed by atoms with Gasteiger partial charge in [-0.3, -0.25) is 4.52 Å². The van der Waals surface area contributed by atoms with Gasteiger partial charge in [-0.15, -0.1) is 0 Å². The highest BCUT2D eigenvalue weighted by Crippen LogP contribution is 2.38. The predicted octanol–water partition coefficient (Wildman–Crippen LogP) is -2.44. The summed E-state index contributed by atoms with van der Waals surface area (Å²) in [6.45, 7) is -0.508. The predicted molar refractivity (Wildman–Crippen MR) is 50.1 cm³/mol. The number of phosphoric ester groups is 1. The monoisotopic (exact) mass is 258 g/mol. The number of hydrogen-bond donors (Lipinski definition) is 6. The van der Waals surface area contributed by atoms with Gasteiger partial charge >= 0.3 is 7.82 Å². The van der Waals surface area contributed by atoms with Gasteiger partial charge in [0, 0.05) is 5.92 Å². The van der Waals surface area contributed by atoms with Gasteiger partial charge < -0.3 is 30.2 Å². The lowest BCUT2D eigenvalue weighted by Crippen LogP contribution is -2.54. The van der Waals surface area contributed by atoms with Gasteiger partial charge in [0.15, 0.2) is 0 Å². The third-order valence-corrected chi connectivity index (χ3v) is 3.06. The highest BCUT2D eigenvalue weighted by atomic mass is 31.2. The summed E-state index contributed by atoms with van der Waals surface area (Å²) >= 11 is 0. The van der Waals surface area contributed by atoms with Gasteiger partial charge in [-0.25, -0.2) is 4.57 Å². The van der Waals surface area contributed by atoms with E-state index in [9.17, 15) is 25.0 Å². The van der Waals surface area contributed by atoms with Crippen molar-refractivity contribution in [3.05, 3.63) is 0 Å². The van der Waals surface area contributed by atoms with Crippen LogP contribution in [0.25, 0.3) is 0 Å². The van der Waals surface area contributed by atoms with Crippen molar-refractivity contribution in [2.45, 2.75) is 30.8 Å². The zero-order valence-corrected chi connectivity index (χ0v) is 9.14. The highest BCUT2D eigenvalue weighted by Gasteiger charge is 2.42. The molecule has 1 fully saturated rings. The molecule has 1 saturated carbocycles. The molecule has 0 bridgehead atoms. The summed E-state index contributed by atoms with van der Waals surface area (Å²) in [4.78, 5) is 16.9. The third kappa shape index (κ3) is 3.47. The van der Waals surface area contributed by atoms with Gasteiger partial charge in [-0.05, 0) is 6.42 Å². The molecule has 0 amide bonds. The van der Waals surface area contributed by atoms with Gasteiger partial charge in [0.2, 0.25) is 0 Å². The van der Waals surface area contributed by atoms with Crippen LogP contribution in [0.4, 0.5) is 0 Å². The number of rotatable bonds is 3. The smallest absolute Gasteiger partial charge is 0.390 e. The van der Waals surface area contributed by atoms with Crippen LogP contribution in [-0.2, 0) is 9.09 Å². The van der Waals surface area contributed by atoms with Crippen LogP contribution < -0.4 is 0 Å². The van der Waals surface area contributed by atoms with E-state index in [1.165, 1.54) is 0 Å². The van der Waals surface area contributed by atoms with E-state index in [1.54, 1.807) is 0 Å². The van der Waals surface area contributed by atoms with Gasteiger partial charge in [-0.2, -0.15) is 0 Å². The first kappa shape index (κ1) is 14.0. The number of aliphatic hydroxyl groups excluding tert-OH is 4. The summed E-state index contributed by atoms with van der Waals surface area (Å²) < 4.78 is 14.6. The second-order valence-corrected chi connectivity index (χ2v) is 5.06. The zero-order chi connectivity index (χ0) is 12.5. The fourth-order valence-electron chi connectivity index (χ4n) is 1.66. The standard InChI is InChI=1S/C7H15O8P/c8-4-1-3(2-15-16(12,13)14)5(9)7(11)6(4)10/h3-11H,1-2H2,(H2,12,13,14). The summed E-state index contributed by atoms with van der Waals surface area (Å²) in [6.07, 6.45) is -5.80. The average molecular weight is 258 g/mol. The van der Waals surface area contributed by atoms with E-state index in [2.05, 4.69) is 4.52 Å². The highest BCUT2D eigenvalue weighted by molar-refractivity contribution is 7.46. The Morgan fingerprint density at radius 2 is 1.62 bits per heavy atom. The minimum Gasteiger partial charge on any atom is -0.390 e. The van der Waals surface area contributed by atoms with E-state index in [4.69, 9.17) is 9.79 Å². The topological polar surface area (TPSA) is 148 Å². The molecule has 0 saturated heterocycles. The molecule has 96 valence electrons. The Morgan fingerprint density at radius 1 is 1.06 bits per heavy atom. The van der Waals surface area contributed by atoms with Crippen LogP contribution in [0.5, 0.6) is 0 Å². The lowest BCUT2D eigenvalue weighted by Gasteiger charge is -2.38. The lowest BCUT2D eigenvalue weighted by molar-refractivity contribution is -0.162. The van der Waals surface area contributed by atoms with E-state index < -0.39 is 44.8 Å². The number of aliphatic hydroxyl groups is 4. The summed E-state index contributed by atoms with van der Waals surface area (Å²) in [5.41, 5.74) is 0. The summed E-state index contributed by atoms with van der Waals surface area (Å²) in [5, 5.41) is 37.3. The molecule has 0 aromatic carbocycles. The van der Waals surface area contributed by atoms with Crippen molar-refractivity contribution in [1.29, 1.82) is 0 Å². The van der Waals surface area contributed by atoms with Crippen LogP contribution in [0, 0.1) is 5.92 Å². The fourth-order valence-corrected chi connectivity index (χ4v) is 2.04. The van der Waals surface area contributed by atoms with Crippen LogP contribution in [0.3, 0.4) is 0 Å². The maximum Gasteiger partial charge on any atom is 0.469 e. The SMILES string of the molecule is O=P(O)(O)OCC1CC(O)C(O)C(O)C1O. The summed E-state index contributed by atoms with van der Waals surface area (Å²) in [7, 11) is -4.65. The Morgan fingerprint density at radius 3 is 2.12 bits per heavy atom. The molecule has 1 aliphatic carbocycles. The van der Waals surface area contributed by atoms with Gasteiger partial charge in [-0.1, -0.05) is 0 Å². The van der Waals surface area contributed by atoms with Crippen LogP contribution in [0.15, 0.2) is 0 Å². The molecule has 1 aliphatic rings. The van der Waals surface area contributed by atoms with Crippen molar-refractivity contribution in [3.8, 4) is 0 Å². The van der Waals surface area contributed by atoms with Crippen LogP contribution in [0.2, 0.25) is 0 Å². The molecule has 0 radical (unpaired) electrons.